The van der Waals surface area contributed by atoms with Gasteiger partial charge in [-0.1, -0.05) is 6.58 Å². The fraction of sp³-hybridized carbons (Fsp3) is 0.400. The molecule has 0 radical (unpaired) electrons. The lowest BCUT2D eigenvalue weighted by Crippen LogP contribution is -2.63. The van der Waals surface area contributed by atoms with E-state index in [1.165, 1.54) is 11.0 Å². The average molecular weight is 484 g/mol. The minimum Gasteiger partial charge on any atom is -0.510 e. The zero-order chi connectivity index (χ0) is 26.1. The lowest BCUT2D eigenvalue weighted by Gasteiger charge is -2.50. The molecule has 0 spiro atoms. The largest absolute Gasteiger partial charge is 0.510 e. The molecule has 0 aliphatic heterocycles. The molecule has 0 saturated carbocycles. The zero-order valence-corrected chi connectivity index (χ0v) is 20.0. The molecule has 10 nitrogen and oxygen atoms in total. The van der Waals surface area contributed by atoms with Crippen LogP contribution in [0.2, 0.25) is 0 Å². The summed E-state index contributed by atoms with van der Waals surface area (Å²) in [4.78, 5) is 42.2. The van der Waals surface area contributed by atoms with E-state index in [0.29, 0.717) is 16.8 Å². The predicted molar refractivity (Wildman–Crippen MR) is 126 cm³/mol. The van der Waals surface area contributed by atoms with Crippen molar-refractivity contribution in [3.8, 4) is 5.75 Å². The van der Waals surface area contributed by atoms with Crippen LogP contribution in [0.1, 0.15) is 27.9 Å². The van der Waals surface area contributed by atoms with Gasteiger partial charge in [-0.25, -0.2) is 0 Å². The normalized spacial score (nSPS) is 28.0. The number of ketones is 2. The highest BCUT2D eigenvalue weighted by molar-refractivity contribution is 6.24. The molecule has 0 aromatic heterocycles. The number of aromatic hydroxyl groups is 1. The average Bonchev–Trinajstić information content (AvgIpc) is 2.75. The molecule has 6 N–H and O–H groups in total. The van der Waals surface area contributed by atoms with Crippen molar-refractivity contribution < 1.29 is 34.8 Å². The number of carbonyl (C=O) groups excluding carboxylic acids is 3. The number of nitrogens with two attached hydrogens (primary N) is 1. The number of fused-ring (bicyclic) bond motifs is 3. The predicted octanol–water partition coefficient (Wildman–Crippen LogP) is 0.653. The van der Waals surface area contributed by atoms with E-state index in [0.717, 1.165) is 0 Å². The molecule has 4 rings (SSSR count). The van der Waals surface area contributed by atoms with Crippen molar-refractivity contribution in [1.29, 1.82) is 0 Å². The molecule has 0 bridgehead atoms. The number of rotatable bonds is 4. The van der Waals surface area contributed by atoms with Crippen LogP contribution in [0.3, 0.4) is 0 Å². The van der Waals surface area contributed by atoms with Crippen molar-refractivity contribution in [3.63, 3.8) is 0 Å². The highest BCUT2D eigenvalue weighted by atomic mass is 16.3. The first-order valence-corrected chi connectivity index (χ1v) is 11.1. The maximum absolute atomic E-state index is 13.6. The Kier molecular flexibility index (Phi) is 5.57. The van der Waals surface area contributed by atoms with E-state index in [4.69, 9.17) is 5.73 Å². The number of hydrogen-bond acceptors (Lipinski definition) is 9. The Balaban J connectivity index is 1.97. The van der Waals surface area contributed by atoms with Crippen molar-refractivity contribution in [2.75, 3.05) is 28.2 Å². The second-order valence-electron chi connectivity index (χ2n) is 9.79. The van der Waals surface area contributed by atoms with Crippen molar-refractivity contribution in [3.05, 3.63) is 58.1 Å². The number of primary amides is 1. The number of aliphatic hydroxyl groups is 3. The number of aliphatic hydroxyl groups excluding tert-OH is 2. The number of phenols is 1. The first-order chi connectivity index (χ1) is 16.2. The molecule has 1 aromatic rings. The Bertz CT molecular complexity index is 1260. The fourth-order valence-electron chi connectivity index (χ4n) is 5.76. The molecule has 0 saturated heterocycles. The maximum Gasteiger partial charge on any atom is 0.255 e. The molecule has 3 aliphatic rings. The van der Waals surface area contributed by atoms with Crippen molar-refractivity contribution in [2.45, 2.75) is 24.5 Å². The summed E-state index contributed by atoms with van der Waals surface area (Å²) in [6.07, 6.45) is 0.250. The Morgan fingerprint density at radius 3 is 2.31 bits per heavy atom. The minimum absolute atomic E-state index is 0.0358. The molecular formula is C25H29N3O7. The van der Waals surface area contributed by atoms with Crippen LogP contribution in [0.15, 0.2) is 41.4 Å². The van der Waals surface area contributed by atoms with E-state index >= 15 is 0 Å². The second-order valence-corrected chi connectivity index (χ2v) is 9.79. The van der Waals surface area contributed by atoms with Crippen LogP contribution in [0.5, 0.6) is 5.75 Å². The lowest BCUT2D eigenvalue weighted by atomic mass is 9.58. The molecule has 4 atom stereocenters. The summed E-state index contributed by atoms with van der Waals surface area (Å²) in [5.41, 5.74) is 3.44. The molecule has 186 valence electrons. The maximum atomic E-state index is 13.6. The quantitative estimate of drug-likeness (QED) is 0.387. The van der Waals surface area contributed by atoms with E-state index in [2.05, 4.69) is 6.58 Å². The Labute approximate surface area is 202 Å². The Hall–Kier alpha value is -3.63. The van der Waals surface area contributed by atoms with Gasteiger partial charge < -0.3 is 31.1 Å². The molecule has 3 aliphatic carbocycles. The summed E-state index contributed by atoms with van der Waals surface area (Å²) in [5.74, 6) is -6.70. The van der Waals surface area contributed by atoms with E-state index < -0.39 is 58.0 Å². The van der Waals surface area contributed by atoms with Crippen LogP contribution < -0.4 is 5.73 Å². The number of phenolic OH excluding ortho intramolecular Hbond substituents is 1. The van der Waals surface area contributed by atoms with E-state index in [1.54, 1.807) is 39.2 Å². The number of hydrogen-bond donors (Lipinski definition) is 5. The lowest BCUT2D eigenvalue weighted by molar-refractivity contribution is -0.148. The number of benzene rings is 1. The monoisotopic (exact) mass is 483 g/mol. The van der Waals surface area contributed by atoms with Gasteiger partial charge in [-0.15, -0.1) is 0 Å². The standard InChI is InChI=1S/C25H29N3O7/c1-10(27(2)3)12-6-7-15(29)17-13(12)8-11-9-14-19(28(4)5)21(31)18(24(26)34)23(33)25(14,35)22(32)16(11)20(17)30/h6-7,11,14,19,29,31-32,35H,1,8-9H2,2-5H3,(H2,26,34)/t11?,14-,19?,25?/m0/s1. The van der Waals surface area contributed by atoms with Crippen LogP contribution in [-0.2, 0) is 16.0 Å². The number of allylic oxidation sites excluding steroid dienone is 1. The van der Waals surface area contributed by atoms with Gasteiger partial charge >= 0.3 is 0 Å². The van der Waals surface area contributed by atoms with Gasteiger partial charge in [0.25, 0.3) is 5.91 Å². The summed E-state index contributed by atoms with van der Waals surface area (Å²) in [7, 11) is 6.77. The highest BCUT2D eigenvalue weighted by Gasteiger charge is 2.63. The van der Waals surface area contributed by atoms with Crippen LogP contribution in [0.4, 0.5) is 0 Å². The molecular weight excluding hydrogens is 454 g/mol. The van der Waals surface area contributed by atoms with Gasteiger partial charge in [0.15, 0.2) is 11.4 Å². The summed E-state index contributed by atoms with van der Waals surface area (Å²) in [6.45, 7) is 4.06. The van der Waals surface area contributed by atoms with Crippen molar-refractivity contribution >= 4 is 23.2 Å². The Morgan fingerprint density at radius 2 is 1.77 bits per heavy atom. The third kappa shape index (κ3) is 3.20. The number of carbonyl (C=O) groups is 3. The first kappa shape index (κ1) is 24.5. The summed E-state index contributed by atoms with van der Waals surface area (Å²) in [5, 5.41) is 44.2. The van der Waals surface area contributed by atoms with E-state index in [-0.39, 0.29) is 29.7 Å². The number of amides is 1. The zero-order valence-electron chi connectivity index (χ0n) is 20.0. The number of Topliss-reactive ketones (excluding diaryl/α,β-unsaturated/α-hetero) is 2. The van der Waals surface area contributed by atoms with Crippen LogP contribution in [-0.4, -0.2) is 87.5 Å². The van der Waals surface area contributed by atoms with Crippen LogP contribution in [0, 0.1) is 11.8 Å². The third-order valence-electron chi connectivity index (χ3n) is 7.46. The van der Waals surface area contributed by atoms with E-state index in [9.17, 15) is 34.8 Å². The molecule has 3 unspecified atom stereocenters. The van der Waals surface area contributed by atoms with Crippen LogP contribution >= 0.6 is 0 Å². The van der Waals surface area contributed by atoms with Crippen LogP contribution in [0.25, 0.3) is 5.70 Å². The molecule has 1 aromatic carbocycles. The molecule has 10 heteroatoms. The van der Waals surface area contributed by atoms with Gasteiger partial charge in [0.1, 0.15) is 22.8 Å². The van der Waals surface area contributed by atoms with Crippen molar-refractivity contribution in [1.82, 2.24) is 9.80 Å². The van der Waals surface area contributed by atoms with Gasteiger partial charge in [0.05, 0.1) is 11.6 Å². The SMILES string of the molecule is C=C(c1ccc(O)c2c1CC1C[C@H]3C(N(C)C)C(O)=C(C(N)=O)C(=O)C3(O)C(O)=C1C2=O)N(C)C. The first-order valence-electron chi connectivity index (χ1n) is 11.1. The third-order valence-corrected chi connectivity index (χ3v) is 7.46. The topological polar surface area (TPSA) is 165 Å². The van der Waals surface area contributed by atoms with Crippen molar-refractivity contribution in [2.24, 2.45) is 17.6 Å². The van der Waals surface area contributed by atoms with Gasteiger partial charge in [-0.3, -0.25) is 19.3 Å². The number of likely N-dealkylation sites (N-methyl/N-ethyl adjacent to an activating group) is 1. The van der Waals surface area contributed by atoms with E-state index in [1.807, 2.05) is 0 Å². The summed E-state index contributed by atoms with van der Waals surface area (Å²) >= 11 is 0. The van der Waals surface area contributed by atoms with Gasteiger partial charge in [-0.05, 0) is 50.6 Å². The summed E-state index contributed by atoms with van der Waals surface area (Å²) in [6, 6.07) is 2.00. The second kappa shape index (κ2) is 7.96. The molecule has 35 heavy (non-hydrogen) atoms. The minimum atomic E-state index is -2.65. The van der Waals surface area contributed by atoms with Gasteiger partial charge in [0.2, 0.25) is 5.78 Å². The van der Waals surface area contributed by atoms with Gasteiger partial charge in [-0.2, -0.15) is 0 Å². The Morgan fingerprint density at radius 1 is 1.14 bits per heavy atom. The summed E-state index contributed by atoms with van der Waals surface area (Å²) < 4.78 is 0. The molecule has 1 amide bonds. The molecule has 0 fully saturated rings. The highest BCUT2D eigenvalue weighted by Crippen LogP contribution is 2.52. The fourth-order valence-corrected chi connectivity index (χ4v) is 5.76. The smallest absolute Gasteiger partial charge is 0.255 e. The molecule has 0 heterocycles. The number of nitrogens with zero attached hydrogens (tertiary/aromatic N) is 2. The van der Waals surface area contributed by atoms with Gasteiger partial charge in [0, 0.05) is 36.8 Å².